The fourth-order valence-corrected chi connectivity index (χ4v) is 3.72. The molecule has 0 spiro atoms. The third-order valence-corrected chi connectivity index (χ3v) is 5.53. The Balaban J connectivity index is 1.74. The molecule has 3 aromatic rings. The van der Waals surface area contributed by atoms with Crippen molar-refractivity contribution in [1.29, 1.82) is 0 Å². The molecule has 1 amide bonds. The monoisotopic (exact) mass is 422 g/mol. The highest BCUT2D eigenvalue weighted by Gasteiger charge is 2.27. The maximum Gasteiger partial charge on any atom is 0.261 e. The van der Waals surface area contributed by atoms with Crippen molar-refractivity contribution in [3.8, 4) is 11.5 Å². The van der Waals surface area contributed by atoms with E-state index < -0.39 is 6.04 Å². The zero-order chi connectivity index (χ0) is 22.1. The Labute approximate surface area is 180 Å². The van der Waals surface area contributed by atoms with E-state index in [1.807, 2.05) is 44.1 Å². The van der Waals surface area contributed by atoms with Crippen LogP contribution in [0.1, 0.15) is 29.1 Å². The maximum absolute atomic E-state index is 13.5. The van der Waals surface area contributed by atoms with Gasteiger partial charge in [0.15, 0.2) is 11.5 Å². The standard InChI is InChI=1S/C23H26N4O4/c1-15(21-24-18-8-6-5-7-17(18)23(29)26(21)4)27(12-11-25(2)3)22(28)16-9-10-19-20(13-16)31-14-30-19/h5-10,13,15H,11-12,14H2,1-4H3. The lowest BCUT2D eigenvalue weighted by Gasteiger charge is -2.31. The molecule has 162 valence electrons. The highest BCUT2D eigenvalue weighted by molar-refractivity contribution is 5.95. The van der Waals surface area contributed by atoms with Gasteiger partial charge >= 0.3 is 0 Å². The predicted molar refractivity (Wildman–Crippen MR) is 118 cm³/mol. The number of carbonyl (C=O) groups excluding carboxylic acids is 1. The van der Waals surface area contributed by atoms with E-state index in [-0.39, 0.29) is 18.3 Å². The second-order valence-corrected chi connectivity index (χ2v) is 7.90. The average molecular weight is 422 g/mol. The SMILES string of the molecule is CC(c1nc2ccccc2c(=O)n1C)N(CCN(C)C)C(=O)c1ccc2c(c1)OCO2. The second-order valence-electron chi connectivity index (χ2n) is 7.90. The van der Waals surface area contributed by atoms with Crippen LogP contribution in [-0.2, 0) is 7.05 Å². The molecule has 0 bridgehead atoms. The van der Waals surface area contributed by atoms with E-state index in [0.717, 1.165) is 0 Å². The first kappa shape index (κ1) is 20.9. The summed E-state index contributed by atoms with van der Waals surface area (Å²) in [6, 6.07) is 12.0. The molecule has 1 aliphatic rings. The second kappa shape index (κ2) is 8.39. The zero-order valence-electron chi connectivity index (χ0n) is 18.2. The van der Waals surface area contributed by atoms with Gasteiger partial charge in [-0.3, -0.25) is 14.2 Å². The Hall–Kier alpha value is -3.39. The molecule has 0 saturated heterocycles. The summed E-state index contributed by atoms with van der Waals surface area (Å²) >= 11 is 0. The smallest absolute Gasteiger partial charge is 0.261 e. The molecule has 8 heteroatoms. The number of hydrogen-bond acceptors (Lipinski definition) is 6. The van der Waals surface area contributed by atoms with Gasteiger partial charge in [-0.1, -0.05) is 12.1 Å². The van der Waals surface area contributed by atoms with Gasteiger partial charge in [-0.2, -0.15) is 0 Å². The number of fused-ring (bicyclic) bond motifs is 2. The van der Waals surface area contributed by atoms with Crippen LogP contribution in [0, 0.1) is 0 Å². The Morgan fingerprint density at radius 1 is 1.13 bits per heavy atom. The van der Waals surface area contributed by atoms with Crippen LogP contribution in [0.25, 0.3) is 10.9 Å². The van der Waals surface area contributed by atoms with Crippen LogP contribution < -0.4 is 15.0 Å². The van der Waals surface area contributed by atoms with Crippen LogP contribution in [0.3, 0.4) is 0 Å². The molecule has 1 aliphatic heterocycles. The van der Waals surface area contributed by atoms with E-state index in [2.05, 4.69) is 0 Å². The molecule has 4 rings (SSSR count). The molecule has 2 aromatic carbocycles. The van der Waals surface area contributed by atoms with Gasteiger partial charge in [0.2, 0.25) is 6.79 Å². The van der Waals surface area contributed by atoms with Crippen LogP contribution in [0.5, 0.6) is 11.5 Å². The predicted octanol–water partition coefficient (Wildman–Crippen LogP) is 2.43. The van der Waals surface area contributed by atoms with Crippen molar-refractivity contribution >= 4 is 16.8 Å². The van der Waals surface area contributed by atoms with E-state index in [4.69, 9.17) is 14.5 Å². The summed E-state index contributed by atoms with van der Waals surface area (Å²) in [7, 11) is 5.61. The van der Waals surface area contributed by atoms with Gasteiger partial charge in [0.05, 0.1) is 16.9 Å². The number of hydrogen-bond donors (Lipinski definition) is 0. The summed E-state index contributed by atoms with van der Waals surface area (Å²) in [6.07, 6.45) is 0. The van der Waals surface area contributed by atoms with Gasteiger partial charge in [0.1, 0.15) is 5.82 Å². The summed E-state index contributed by atoms with van der Waals surface area (Å²) in [5.41, 5.74) is 0.992. The minimum absolute atomic E-state index is 0.129. The number of nitrogens with zero attached hydrogens (tertiary/aromatic N) is 4. The van der Waals surface area contributed by atoms with Crippen molar-refractivity contribution in [3.63, 3.8) is 0 Å². The third kappa shape index (κ3) is 3.98. The van der Waals surface area contributed by atoms with Crippen molar-refractivity contribution in [3.05, 3.63) is 64.2 Å². The van der Waals surface area contributed by atoms with Crippen LogP contribution >= 0.6 is 0 Å². The van der Waals surface area contributed by atoms with Crippen molar-refractivity contribution in [2.24, 2.45) is 7.05 Å². The van der Waals surface area contributed by atoms with Crippen molar-refractivity contribution in [2.75, 3.05) is 34.0 Å². The van der Waals surface area contributed by atoms with E-state index in [1.54, 1.807) is 36.2 Å². The molecule has 0 aliphatic carbocycles. The molecule has 1 atom stereocenters. The Kier molecular flexibility index (Phi) is 5.65. The number of likely N-dealkylation sites (N-methyl/N-ethyl adjacent to an activating group) is 1. The average Bonchev–Trinajstić information content (AvgIpc) is 3.23. The van der Waals surface area contributed by atoms with Crippen LogP contribution in [-0.4, -0.2) is 59.2 Å². The fourth-order valence-electron chi connectivity index (χ4n) is 3.72. The quantitative estimate of drug-likeness (QED) is 0.607. The number of ether oxygens (including phenoxy) is 2. The number of para-hydroxylation sites is 1. The molecule has 1 aromatic heterocycles. The molecule has 0 radical (unpaired) electrons. The van der Waals surface area contributed by atoms with Gasteiger partial charge in [-0.15, -0.1) is 0 Å². The van der Waals surface area contributed by atoms with Crippen LogP contribution in [0.4, 0.5) is 0 Å². The van der Waals surface area contributed by atoms with Gasteiger partial charge in [-0.25, -0.2) is 4.98 Å². The van der Waals surface area contributed by atoms with Crippen LogP contribution in [0.2, 0.25) is 0 Å². The first-order chi connectivity index (χ1) is 14.9. The molecule has 1 unspecified atom stereocenters. The largest absolute Gasteiger partial charge is 0.454 e. The summed E-state index contributed by atoms with van der Waals surface area (Å²) in [6.45, 7) is 3.19. The highest BCUT2D eigenvalue weighted by atomic mass is 16.7. The normalized spacial score (nSPS) is 13.6. The summed E-state index contributed by atoms with van der Waals surface area (Å²) in [5, 5.41) is 0.558. The Bertz CT molecular complexity index is 1190. The lowest BCUT2D eigenvalue weighted by atomic mass is 10.1. The Morgan fingerprint density at radius 3 is 2.65 bits per heavy atom. The number of aromatic nitrogens is 2. The Morgan fingerprint density at radius 2 is 1.87 bits per heavy atom. The molecule has 0 fully saturated rings. The third-order valence-electron chi connectivity index (χ3n) is 5.53. The molecule has 31 heavy (non-hydrogen) atoms. The molecule has 0 saturated carbocycles. The molecule has 2 heterocycles. The molecule has 0 N–H and O–H groups in total. The van der Waals surface area contributed by atoms with Gasteiger partial charge < -0.3 is 19.3 Å². The van der Waals surface area contributed by atoms with Crippen molar-refractivity contribution in [2.45, 2.75) is 13.0 Å². The topological polar surface area (TPSA) is 76.9 Å². The first-order valence-electron chi connectivity index (χ1n) is 10.2. The number of carbonyl (C=O) groups is 1. The lowest BCUT2D eigenvalue weighted by Crippen LogP contribution is -2.40. The van der Waals surface area contributed by atoms with Crippen molar-refractivity contribution in [1.82, 2.24) is 19.4 Å². The van der Waals surface area contributed by atoms with E-state index in [0.29, 0.717) is 46.9 Å². The van der Waals surface area contributed by atoms with Crippen molar-refractivity contribution < 1.29 is 14.3 Å². The van der Waals surface area contributed by atoms with Crippen LogP contribution in [0.15, 0.2) is 47.3 Å². The van der Waals surface area contributed by atoms with Gasteiger partial charge in [-0.05, 0) is 51.4 Å². The molecule has 8 nitrogen and oxygen atoms in total. The molecular weight excluding hydrogens is 396 g/mol. The van der Waals surface area contributed by atoms with E-state index in [1.165, 1.54) is 4.57 Å². The fraction of sp³-hybridized carbons (Fsp3) is 0.348. The minimum atomic E-state index is -0.417. The zero-order valence-corrected chi connectivity index (χ0v) is 18.2. The minimum Gasteiger partial charge on any atom is -0.454 e. The number of amides is 1. The maximum atomic E-state index is 13.5. The number of rotatable bonds is 6. The van der Waals surface area contributed by atoms with E-state index >= 15 is 0 Å². The first-order valence-corrected chi connectivity index (χ1v) is 10.2. The lowest BCUT2D eigenvalue weighted by molar-refractivity contribution is 0.0665. The number of benzene rings is 2. The molecular formula is C23H26N4O4. The summed E-state index contributed by atoms with van der Waals surface area (Å²) < 4.78 is 12.3. The summed E-state index contributed by atoms with van der Waals surface area (Å²) in [4.78, 5) is 34.9. The van der Waals surface area contributed by atoms with E-state index in [9.17, 15) is 9.59 Å². The summed E-state index contributed by atoms with van der Waals surface area (Å²) in [5.74, 6) is 1.57. The highest BCUT2D eigenvalue weighted by Crippen LogP contribution is 2.33. The van der Waals surface area contributed by atoms with Gasteiger partial charge in [0.25, 0.3) is 11.5 Å². The van der Waals surface area contributed by atoms with Gasteiger partial charge in [0, 0.05) is 25.7 Å².